The summed E-state index contributed by atoms with van der Waals surface area (Å²) >= 11 is 0. The molecule has 1 N–H and O–H groups in total. The Morgan fingerprint density at radius 3 is 2.79 bits per heavy atom. The Hall–Kier alpha value is -3.93. The molecule has 3 aromatic heterocycles. The topological polar surface area (TPSA) is 98.3 Å². The molecule has 0 bridgehead atoms. The van der Waals surface area contributed by atoms with Crippen molar-refractivity contribution in [1.29, 1.82) is 0 Å². The van der Waals surface area contributed by atoms with Gasteiger partial charge in [-0.05, 0) is 57.0 Å². The zero-order valence-electron chi connectivity index (χ0n) is 20.7. The van der Waals surface area contributed by atoms with Crippen molar-refractivity contribution in [3.05, 3.63) is 59.9 Å². The van der Waals surface area contributed by atoms with Crippen LogP contribution < -0.4 is 10.1 Å². The predicted octanol–water partition coefficient (Wildman–Crippen LogP) is 5.65. The van der Waals surface area contributed by atoms with E-state index < -0.39 is 17.6 Å². The Morgan fingerprint density at radius 1 is 1.24 bits per heavy atom. The zero-order chi connectivity index (χ0) is 26.7. The van der Waals surface area contributed by atoms with Gasteiger partial charge >= 0.3 is 12.2 Å². The van der Waals surface area contributed by atoms with Crippen molar-refractivity contribution in [2.24, 2.45) is 0 Å². The van der Waals surface area contributed by atoms with E-state index in [0.29, 0.717) is 23.2 Å². The number of benzene rings is 1. The van der Waals surface area contributed by atoms with Gasteiger partial charge in [0.1, 0.15) is 17.5 Å². The molecule has 6 rings (SSSR count). The molecule has 1 aliphatic carbocycles. The number of nitrogens with zero attached hydrogens (tertiary/aromatic N) is 5. The number of nitrogens with one attached hydrogen (secondary N) is 1. The SMILES string of the molecule is CCN1Cc2ncnc(Oc3ccc4c(ccn4C(=O)Nc4cc(C5(C(F)(F)F)CC5)on4)c3)c2CC1C. The minimum atomic E-state index is -4.43. The van der Waals surface area contributed by atoms with E-state index in [1.54, 1.807) is 30.5 Å². The molecule has 9 nitrogen and oxygen atoms in total. The van der Waals surface area contributed by atoms with Crippen molar-refractivity contribution in [3.8, 4) is 11.6 Å². The highest BCUT2D eigenvalue weighted by Crippen LogP contribution is 2.59. The first-order chi connectivity index (χ1) is 18.2. The molecule has 1 atom stereocenters. The molecular weight excluding hydrogens is 501 g/mol. The fourth-order valence-electron chi connectivity index (χ4n) is 5.05. The summed E-state index contributed by atoms with van der Waals surface area (Å²) in [5.41, 5.74) is 0.532. The Bertz CT molecular complexity index is 1520. The second kappa shape index (κ2) is 8.83. The average molecular weight is 527 g/mol. The smallest absolute Gasteiger partial charge is 0.401 e. The molecule has 1 amide bonds. The molecule has 198 valence electrons. The lowest BCUT2D eigenvalue weighted by Gasteiger charge is -2.33. The second-order valence-electron chi connectivity index (χ2n) is 9.82. The van der Waals surface area contributed by atoms with Gasteiger partial charge in [-0.25, -0.2) is 14.8 Å². The van der Waals surface area contributed by atoms with Crippen molar-refractivity contribution in [3.63, 3.8) is 0 Å². The fraction of sp³-hybridized carbons (Fsp3) is 0.385. The summed E-state index contributed by atoms with van der Waals surface area (Å²) in [6, 6.07) is 7.92. The van der Waals surface area contributed by atoms with Crippen LogP contribution in [0.5, 0.6) is 11.6 Å². The van der Waals surface area contributed by atoms with Gasteiger partial charge in [-0.3, -0.25) is 14.8 Å². The lowest BCUT2D eigenvalue weighted by molar-refractivity contribution is -0.165. The number of anilines is 1. The molecule has 1 fully saturated rings. The normalized spacial score (nSPS) is 18.8. The molecule has 1 aromatic carbocycles. The highest BCUT2D eigenvalue weighted by Gasteiger charge is 2.66. The van der Waals surface area contributed by atoms with Crippen LogP contribution in [0.1, 0.15) is 43.7 Å². The molecule has 4 heterocycles. The molecule has 38 heavy (non-hydrogen) atoms. The van der Waals surface area contributed by atoms with Crippen molar-refractivity contribution in [2.45, 2.75) is 57.3 Å². The summed E-state index contributed by atoms with van der Waals surface area (Å²) in [4.78, 5) is 24.0. The molecule has 0 saturated heterocycles. The zero-order valence-corrected chi connectivity index (χ0v) is 20.7. The number of hydrogen-bond donors (Lipinski definition) is 1. The van der Waals surface area contributed by atoms with Gasteiger partial charge in [0, 0.05) is 35.8 Å². The number of carbonyl (C=O) groups excluding carboxylic acids is 1. The largest absolute Gasteiger partial charge is 0.439 e. The van der Waals surface area contributed by atoms with E-state index in [0.717, 1.165) is 42.2 Å². The first kappa shape index (κ1) is 24.4. The van der Waals surface area contributed by atoms with Crippen LogP contribution in [-0.2, 0) is 18.4 Å². The number of amides is 1. The Labute approximate surface area is 215 Å². The van der Waals surface area contributed by atoms with Crippen molar-refractivity contribution < 1.29 is 27.2 Å². The van der Waals surface area contributed by atoms with E-state index in [2.05, 4.69) is 39.2 Å². The van der Waals surface area contributed by atoms with Crippen LogP contribution in [0.4, 0.5) is 23.8 Å². The number of likely N-dealkylation sites (N-methyl/N-ethyl adjacent to an activating group) is 1. The molecule has 2 aliphatic rings. The highest BCUT2D eigenvalue weighted by atomic mass is 19.4. The van der Waals surface area contributed by atoms with Gasteiger partial charge in [0.05, 0.1) is 11.2 Å². The molecule has 1 aliphatic heterocycles. The highest BCUT2D eigenvalue weighted by molar-refractivity contribution is 5.98. The van der Waals surface area contributed by atoms with Crippen LogP contribution in [0.15, 0.2) is 47.4 Å². The maximum Gasteiger partial charge on any atom is 0.401 e. The first-order valence-corrected chi connectivity index (χ1v) is 12.4. The maximum absolute atomic E-state index is 13.4. The second-order valence-corrected chi connectivity index (χ2v) is 9.82. The third kappa shape index (κ3) is 4.08. The number of rotatable bonds is 5. The first-order valence-electron chi connectivity index (χ1n) is 12.4. The Balaban J connectivity index is 1.19. The van der Waals surface area contributed by atoms with Crippen LogP contribution in [0.25, 0.3) is 10.9 Å². The van der Waals surface area contributed by atoms with Gasteiger partial charge in [-0.1, -0.05) is 12.1 Å². The molecule has 0 radical (unpaired) electrons. The summed E-state index contributed by atoms with van der Waals surface area (Å²) in [7, 11) is 0. The minimum absolute atomic E-state index is 0.0558. The summed E-state index contributed by atoms with van der Waals surface area (Å²) in [6.07, 6.45) is -0.683. The number of carbonyl (C=O) groups is 1. The third-order valence-corrected chi connectivity index (χ3v) is 7.48. The van der Waals surface area contributed by atoms with E-state index in [-0.39, 0.29) is 24.4 Å². The third-order valence-electron chi connectivity index (χ3n) is 7.48. The Kier molecular flexibility index (Phi) is 5.67. The van der Waals surface area contributed by atoms with Crippen LogP contribution in [-0.4, -0.2) is 49.4 Å². The number of alkyl halides is 3. The lowest BCUT2D eigenvalue weighted by atomic mass is 10.00. The average Bonchev–Trinajstić information content (AvgIpc) is 3.41. The van der Waals surface area contributed by atoms with Gasteiger partial charge in [0.15, 0.2) is 11.6 Å². The van der Waals surface area contributed by atoms with Gasteiger partial charge < -0.3 is 9.26 Å². The lowest BCUT2D eigenvalue weighted by Crippen LogP contribution is -2.38. The number of halogens is 3. The van der Waals surface area contributed by atoms with Crippen LogP contribution in [0.2, 0.25) is 0 Å². The predicted molar refractivity (Wildman–Crippen MR) is 131 cm³/mol. The molecule has 0 spiro atoms. The van der Waals surface area contributed by atoms with Gasteiger partial charge in [0.2, 0.25) is 5.88 Å². The number of fused-ring (bicyclic) bond motifs is 2. The van der Waals surface area contributed by atoms with Gasteiger partial charge in [0.25, 0.3) is 0 Å². The van der Waals surface area contributed by atoms with Gasteiger partial charge in [-0.15, -0.1) is 0 Å². The number of aromatic nitrogens is 4. The molecule has 4 aromatic rings. The van der Waals surface area contributed by atoms with E-state index in [1.165, 1.54) is 10.9 Å². The van der Waals surface area contributed by atoms with E-state index in [1.807, 2.05) is 0 Å². The molecular formula is C26H25F3N6O3. The van der Waals surface area contributed by atoms with Gasteiger partial charge in [-0.2, -0.15) is 13.2 Å². The van der Waals surface area contributed by atoms with E-state index in [9.17, 15) is 18.0 Å². The van der Waals surface area contributed by atoms with Crippen LogP contribution in [0.3, 0.4) is 0 Å². The molecule has 12 heteroatoms. The van der Waals surface area contributed by atoms with E-state index >= 15 is 0 Å². The summed E-state index contributed by atoms with van der Waals surface area (Å²) < 4.78 is 52.5. The van der Waals surface area contributed by atoms with Crippen molar-refractivity contribution in [1.82, 2.24) is 24.6 Å². The maximum atomic E-state index is 13.4. The van der Waals surface area contributed by atoms with Crippen LogP contribution in [0, 0.1) is 0 Å². The molecule has 1 saturated carbocycles. The fourth-order valence-corrected chi connectivity index (χ4v) is 5.05. The minimum Gasteiger partial charge on any atom is -0.439 e. The monoisotopic (exact) mass is 526 g/mol. The molecule has 1 unspecified atom stereocenters. The van der Waals surface area contributed by atoms with Crippen molar-refractivity contribution >= 4 is 22.8 Å². The number of ether oxygens (including phenoxy) is 1. The standard InChI is InChI=1S/C26H25F3N6O3/c1-3-34-13-19-18(10-15(34)2)23(31-14-30-19)37-17-4-5-20-16(11-17)6-9-35(20)24(36)32-22-12-21(38-33-22)25(7-8-25)26(27,28)29/h4-6,9,11-12,14-15H,3,7-8,10,13H2,1-2H3,(H,32,33,36). The summed E-state index contributed by atoms with van der Waals surface area (Å²) in [5, 5.41) is 6.87. The van der Waals surface area contributed by atoms with Crippen LogP contribution >= 0.6 is 0 Å². The number of hydrogen-bond acceptors (Lipinski definition) is 7. The quantitative estimate of drug-likeness (QED) is 0.359. The van der Waals surface area contributed by atoms with Crippen molar-refractivity contribution in [2.75, 3.05) is 11.9 Å². The Morgan fingerprint density at radius 2 is 2.05 bits per heavy atom. The van der Waals surface area contributed by atoms with E-state index in [4.69, 9.17) is 9.26 Å². The summed E-state index contributed by atoms with van der Waals surface area (Å²) in [6.45, 7) is 5.98. The summed E-state index contributed by atoms with van der Waals surface area (Å²) in [5.74, 6) is 0.711.